The van der Waals surface area contributed by atoms with Crippen molar-refractivity contribution in [2.75, 3.05) is 11.1 Å². The summed E-state index contributed by atoms with van der Waals surface area (Å²) in [5.74, 6) is 1.66. The summed E-state index contributed by atoms with van der Waals surface area (Å²) >= 11 is 1.35. The van der Waals surface area contributed by atoms with E-state index in [0.717, 1.165) is 28.5 Å². The Morgan fingerprint density at radius 1 is 0.935 bits per heavy atom. The van der Waals surface area contributed by atoms with E-state index in [-0.39, 0.29) is 11.7 Å². The zero-order chi connectivity index (χ0) is 21.5. The van der Waals surface area contributed by atoms with Crippen molar-refractivity contribution in [1.82, 2.24) is 14.8 Å². The minimum atomic E-state index is -0.108. The molecule has 0 radical (unpaired) electrons. The lowest BCUT2D eigenvalue weighted by molar-refractivity contribution is -0.113. The Labute approximate surface area is 185 Å². The highest BCUT2D eigenvalue weighted by molar-refractivity contribution is 7.99. The number of carbonyl (C=O) groups excluding carboxylic acids is 1. The van der Waals surface area contributed by atoms with E-state index in [0.29, 0.717) is 11.8 Å². The van der Waals surface area contributed by atoms with Crippen LogP contribution in [0.25, 0.3) is 5.69 Å². The molecule has 1 aromatic heterocycles. The molecule has 6 nitrogen and oxygen atoms in total. The van der Waals surface area contributed by atoms with Crippen molar-refractivity contribution in [3.8, 4) is 11.4 Å². The van der Waals surface area contributed by atoms with Crippen molar-refractivity contribution >= 4 is 23.4 Å². The molecule has 0 aliphatic heterocycles. The smallest absolute Gasteiger partial charge is 0.234 e. The van der Waals surface area contributed by atoms with Crippen LogP contribution in [0.5, 0.6) is 5.75 Å². The first kappa shape index (κ1) is 20.7. The highest BCUT2D eigenvalue weighted by Crippen LogP contribution is 2.22. The Hall–Kier alpha value is -3.58. The second kappa shape index (κ2) is 9.95. The number of anilines is 1. The first-order chi connectivity index (χ1) is 15.2. The molecule has 7 heteroatoms. The molecule has 0 saturated carbocycles. The monoisotopic (exact) mass is 430 g/mol. The SMILES string of the molecule is Cc1nnc(SCC(=O)Nc2ccc(OCc3ccccc3)cc2)n1-c1ccccc1. The van der Waals surface area contributed by atoms with Gasteiger partial charge in [0.15, 0.2) is 5.16 Å². The van der Waals surface area contributed by atoms with E-state index in [1.165, 1.54) is 11.8 Å². The highest BCUT2D eigenvalue weighted by atomic mass is 32.2. The Morgan fingerprint density at radius 3 is 2.32 bits per heavy atom. The average molecular weight is 431 g/mol. The standard InChI is InChI=1S/C24H22N4O2S/c1-18-26-27-24(28(18)21-10-6-3-7-11-21)31-17-23(29)25-20-12-14-22(15-13-20)30-16-19-8-4-2-5-9-19/h2-15H,16-17H2,1H3,(H,25,29). The number of aryl methyl sites for hydroxylation is 1. The molecule has 0 aliphatic carbocycles. The fraction of sp³-hybridized carbons (Fsp3) is 0.125. The van der Waals surface area contributed by atoms with Crippen molar-refractivity contribution in [3.63, 3.8) is 0 Å². The van der Waals surface area contributed by atoms with Crippen molar-refractivity contribution in [2.45, 2.75) is 18.7 Å². The van der Waals surface area contributed by atoms with Gasteiger partial charge in [0.2, 0.25) is 5.91 Å². The quantitative estimate of drug-likeness (QED) is 0.403. The number of ether oxygens (including phenoxy) is 1. The van der Waals surface area contributed by atoms with Crippen LogP contribution in [0.1, 0.15) is 11.4 Å². The van der Waals surface area contributed by atoms with E-state index in [9.17, 15) is 4.79 Å². The lowest BCUT2D eigenvalue weighted by Crippen LogP contribution is -2.14. The van der Waals surface area contributed by atoms with E-state index in [1.807, 2.05) is 96.4 Å². The molecule has 1 amide bonds. The van der Waals surface area contributed by atoms with Gasteiger partial charge in [0.25, 0.3) is 0 Å². The summed E-state index contributed by atoms with van der Waals surface area (Å²) in [7, 11) is 0. The van der Waals surface area contributed by atoms with E-state index < -0.39 is 0 Å². The van der Waals surface area contributed by atoms with Crippen molar-refractivity contribution in [3.05, 3.63) is 96.3 Å². The summed E-state index contributed by atoms with van der Waals surface area (Å²) in [5.41, 5.74) is 2.80. The second-order valence-corrected chi connectivity index (χ2v) is 7.78. The first-order valence-electron chi connectivity index (χ1n) is 9.86. The summed E-state index contributed by atoms with van der Waals surface area (Å²) in [6.07, 6.45) is 0. The third kappa shape index (κ3) is 5.52. The molecular weight excluding hydrogens is 408 g/mol. The van der Waals surface area contributed by atoms with Crippen LogP contribution in [0.4, 0.5) is 5.69 Å². The van der Waals surface area contributed by atoms with Gasteiger partial charge in [0, 0.05) is 11.4 Å². The molecule has 0 spiro atoms. The highest BCUT2D eigenvalue weighted by Gasteiger charge is 2.13. The maximum Gasteiger partial charge on any atom is 0.234 e. The number of amides is 1. The van der Waals surface area contributed by atoms with Crippen LogP contribution in [0.15, 0.2) is 90.1 Å². The fourth-order valence-electron chi connectivity index (χ4n) is 3.01. The molecule has 156 valence electrons. The average Bonchev–Trinajstić information content (AvgIpc) is 3.19. The van der Waals surface area contributed by atoms with Crippen molar-refractivity contribution in [2.24, 2.45) is 0 Å². The second-order valence-electron chi connectivity index (χ2n) is 6.84. The van der Waals surface area contributed by atoms with E-state index in [2.05, 4.69) is 15.5 Å². The lowest BCUT2D eigenvalue weighted by atomic mass is 10.2. The summed E-state index contributed by atoms with van der Waals surface area (Å²) < 4.78 is 7.72. The van der Waals surface area contributed by atoms with Gasteiger partial charge in [-0.1, -0.05) is 60.3 Å². The number of thioether (sulfide) groups is 1. The minimum Gasteiger partial charge on any atom is -0.489 e. The molecule has 3 aromatic carbocycles. The Bertz CT molecular complexity index is 1130. The molecule has 0 unspecified atom stereocenters. The summed E-state index contributed by atoms with van der Waals surface area (Å²) in [6.45, 7) is 2.40. The van der Waals surface area contributed by atoms with Gasteiger partial charge < -0.3 is 10.1 Å². The number of benzene rings is 3. The lowest BCUT2D eigenvalue weighted by Gasteiger charge is -2.09. The molecule has 0 bridgehead atoms. The number of hydrogen-bond donors (Lipinski definition) is 1. The van der Waals surface area contributed by atoms with Crippen LogP contribution in [-0.2, 0) is 11.4 Å². The van der Waals surface area contributed by atoms with Crippen LogP contribution >= 0.6 is 11.8 Å². The van der Waals surface area contributed by atoms with Gasteiger partial charge in [-0.3, -0.25) is 9.36 Å². The number of carbonyl (C=O) groups is 1. The van der Waals surface area contributed by atoms with Crippen molar-refractivity contribution in [1.29, 1.82) is 0 Å². The number of aromatic nitrogens is 3. The van der Waals surface area contributed by atoms with E-state index in [1.54, 1.807) is 0 Å². The van der Waals surface area contributed by atoms with Gasteiger partial charge in [-0.25, -0.2) is 0 Å². The van der Waals surface area contributed by atoms with Crippen LogP contribution in [-0.4, -0.2) is 26.4 Å². The Kier molecular flexibility index (Phi) is 6.64. The van der Waals surface area contributed by atoms with Gasteiger partial charge in [0.05, 0.1) is 5.75 Å². The van der Waals surface area contributed by atoms with Crippen molar-refractivity contribution < 1.29 is 9.53 Å². The number of nitrogens with zero attached hydrogens (tertiary/aromatic N) is 3. The molecule has 4 rings (SSSR count). The normalized spacial score (nSPS) is 10.6. The summed E-state index contributed by atoms with van der Waals surface area (Å²) in [6, 6.07) is 27.2. The number of rotatable bonds is 8. The molecular formula is C24H22N4O2S. The van der Waals surface area contributed by atoms with Crippen LogP contribution < -0.4 is 10.1 Å². The number of para-hydroxylation sites is 1. The topological polar surface area (TPSA) is 69.0 Å². The molecule has 1 heterocycles. The largest absolute Gasteiger partial charge is 0.489 e. The maximum absolute atomic E-state index is 12.4. The molecule has 0 atom stereocenters. The van der Waals surface area contributed by atoms with Crippen LogP contribution in [0, 0.1) is 6.92 Å². The van der Waals surface area contributed by atoms with Crippen LogP contribution in [0.2, 0.25) is 0 Å². The fourth-order valence-corrected chi connectivity index (χ4v) is 3.81. The molecule has 4 aromatic rings. The number of hydrogen-bond acceptors (Lipinski definition) is 5. The Morgan fingerprint density at radius 2 is 1.61 bits per heavy atom. The predicted molar refractivity (Wildman–Crippen MR) is 123 cm³/mol. The zero-order valence-electron chi connectivity index (χ0n) is 17.1. The van der Waals surface area contributed by atoms with Gasteiger partial charge in [-0.2, -0.15) is 0 Å². The first-order valence-corrected chi connectivity index (χ1v) is 10.8. The predicted octanol–water partition coefficient (Wildman–Crippen LogP) is 4.89. The van der Waals surface area contributed by atoms with Gasteiger partial charge in [-0.15, -0.1) is 10.2 Å². The molecule has 0 saturated heterocycles. The number of nitrogens with one attached hydrogen (secondary N) is 1. The van der Waals surface area contributed by atoms with Crippen LogP contribution in [0.3, 0.4) is 0 Å². The van der Waals surface area contributed by atoms with E-state index >= 15 is 0 Å². The minimum absolute atomic E-state index is 0.108. The summed E-state index contributed by atoms with van der Waals surface area (Å²) in [5, 5.41) is 11.9. The van der Waals surface area contributed by atoms with Gasteiger partial charge in [-0.05, 0) is 48.9 Å². The zero-order valence-corrected chi connectivity index (χ0v) is 17.9. The summed E-state index contributed by atoms with van der Waals surface area (Å²) in [4.78, 5) is 12.4. The van der Waals surface area contributed by atoms with Gasteiger partial charge in [0.1, 0.15) is 18.2 Å². The third-order valence-corrected chi connectivity index (χ3v) is 5.46. The molecule has 31 heavy (non-hydrogen) atoms. The molecule has 0 fully saturated rings. The van der Waals surface area contributed by atoms with Gasteiger partial charge >= 0.3 is 0 Å². The molecule has 0 aliphatic rings. The third-order valence-electron chi connectivity index (χ3n) is 4.53. The molecule has 1 N–H and O–H groups in total. The maximum atomic E-state index is 12.4. The Balaban J connectivity index is 1.31. The van der Waals surface area contributed by atoms with E-state index in [4.69, 9.17) is 4.74 Å².